The summed E-state index contributed by atoms with van der Waals surface area (Å²) in [6, 6.07) is 1.25. The van der Waals surface area contributed by atoms with Crippen LogP contribution in [0.2, 0.25) is 0 Å². The SMILES string of the molecule is C=CN(C(C)CC)C(C)CC. The third-order valence-corrected chi connectivity index (χ3v) is 2.41. The smallest absolute Gasteiger partial charge is 0.0256 e. The lowest BCUT2D eigenvalue weighted by molar-refractivity contribution is 0.219. The second-order valence-electron chi connectivity index (χ2n) is 3.14. The van der Waals surface area contributed by atoms with Crippen molar-refractivity contribution in [3.05, 3.63) is 12.8 Å². The third-order valence-electron chi connectivity index (χ3n) is 2.41. The highest BCUT2D eigenvalue weighted by Gasteiger charge is 2.11. The highest BCUT2D eigenvalue weighted by Crippen LogP contribution is 2.10. The van der Waals surface area contributed by atoms with Gasteiger partial charge in [-0.15, -0.1) is 0 Å². The van der Waals surface area contributed by atoms with Crippen molar-refractivity contribution in [1.82, 2.24) is 4.90 Å². The van der Waals surface area contributed by atoms with E-state index >= 15 is 0 Å². The first kappa shape index (κ1) is 10.5. The van der Waals surface area contributed by atoms with Crippen molar-refractivity contribution < 1.29 is 0 Å². The van der Waals surface area contributed by atoms with Crippen LogP contribution in [0.25, 0.3) is 0 Å². The van der Waals surface area contributed by atoms with Crippen molar-refractivity contribution in [1.29, 1.82) is 0 Å². The van der Waals surface area contributed by atoms with Gasteiger partial charge in [-0.25, -0.2) is 0 Å². The second kappa shape index (κ2) is 5.22. The molecule has 0 heterocycles. The van der Waals surface area contributed by atoms with Crippen LogP contribution in [0, 0.1) is 0 Å². The molecule has 0 bridgehead atoms. The van der Waals surface area contributed by atoms with Gasteiger partial charge in [0.25, 0.3) is 0 Å². The molecule has 0 N–H and O–H groups in total. The molecule has 66 valence electrons. The Kier molecular flexibility index (Phi) is 5.01. The van der Waals surface area contributed by atoms with Crippen LogP contribution in [0.1, 0.15) is 40.5 Å². The van der Waals surface area contributed by atoms with E-state index in [0.717, 1.165) is 0 Å². The summed E-state index contributed by atoms with van der Waals surface area (Å²) in [4.78, 5) is 2.33. The minimum Gasteiger partial charge on any atom is -0.373 e. The molecule has 2 unspecified atom stereocenters. The number of hydrogen-bond acceptors (Lipinski definition) is 1. The van der Waals surface area contributed by atoms with E-state index in [-0.39, 0.29) is 0 Å². The fourth-order valence-corrected chi connectivity index (χ4v) is 1.22. The summed E-state index contributed by atoms with van der Waals surface area (Å²) in [5, 5.41) is 0. The highest BCUT2D eigenvalue weighted by atomic mass is 15.2. The predicted octanol–water partition coefficient (Wildman–Crippen LogP) is 3.03. The molecule has 0 fully saturated rings. The Balaban J connectivity index is 4.03. The summed E-state index contributed by atoms with van der Waals surface area (Å²) in [6.07, 6.45) is 4.34. The van der Waals surface area contributed by atoms with Crippen LogP contribution < -0.4 is 0 Å². The van der Waals surface area contributed by atoms with E-state index in [1.807, 2.05) is 6.20 Å². The molecule has 0 aliphatic rings. The van der Waals surface area contributed by atoms with Crippen molar-refractivity contribution in [2.45, 2.75) is 52.6 Å². The van der Waals surface area contributed by atoms with Crippen molar-refractivity contribution in [3.8, 4) is 0 Å². The third kappa shape index (κ3) is 2.96. The average molecular weight is 155 g/mol. The quantitative estimate of drug-likeness (QED) is 0.590. The fourth-order valence-electron chi connectivity index (χ4n) is 1.22. The Morgan fingerprint density at radius 3 is 1.73 bits per heavy atom. The molecule has 0 aromatic rings. The molecule has 11 heavy (non-hydrogen) atoms. The van der Waals surface area contributed by atoms with Gasteiger partial charge in [0.15, 0.2) is 0 Å². The molecule has 0 aromatic carbocycles. The Morgan fingerprint density at radius 1 is 1.18 bits per heavy atom. The molecule has 0 saturated heterocycles. The first-order valence-electron chi connectivity index (χ1n) is 4.57. The minimum atomic E-state index is 0.627. The largest absolute Gasteiger partial charge is 0.373 e. The predicted molar refractivity (Wildman–Crippen MR) is 51.5 cm³/mol. The Morgan fingerprint density at radius 2 is 1.55 bits per heavy atom. The topological polar surface area (TPSA) is 3.24 Å². The van der Waals surface area contributed by atoms with Crippen LogP contribution in [0.5, 0.6) is 0 Å². The molecule has 0 spiro atoms. The lowest BCUT2D eigenvalue weighted by atomic mass is 10.1. The van der Waals surface area contributed by atoms with Gasteiger partial charge in [-0.05, 0) is 32.9 Å². The number of hydrogen-bond donors (Lipinski definition) is 0. The van der Waals surface area contributed by atoms with E-state index < -0.39 is 0 Å². The Hall–Kier alpha value is -0.460. The summed E-state index contributed by atoms with van der Waals surface area (Å²) >= 11 is 0. The molecular weight excluding hydrogens is 134 g/mol. The molecule has 0 radical (unpaired) electrons. The first-order chi connectivity index (χ1) is 5.17. The summed E-state index contributed by atoms with van der Waals surface area (Å²) < 4.78 is 0. The number of rotatable bonds is 5. The van der Waals surface area contributed by atoms with Crippen molar-refractivity contribution in [2.75, 3.05) is 0 Å². The maximum absolute atomic E-state index is 3.82. The lowest BCUT2D eigenvalue weighted by Gasteiger charge is -2.32. The van der Waals surface area contributed by atoms with Crippen LogP contribution in [-0.4, -0.2) is 17.0 Å². The van der Waals surface area contributed by atoms with Gasteiger partial charge in [0.05, 0.1) is 0 Å². The van der Waals surface area contributed by atoms with Crippen LogP contribution in [-0.2, 0) is 0 Å². The zero-order chi connectivity index (χ0) is 8.85. The highest BCUT2D eigenvalue weighted by molar-refractivity contribution is 4.80. The van der Waals surface area contributed by atoms with E-state index in [4.69, 9.17) is 0 Å². The van der Waals surface area contributed by atoms with E-state index in [0.29, 0.717) is 12.1 Å². The Bertz CT molecular complexity index is 99.4. The molecule has 0 rings (SSSR count). The van der Waals surface area contributed by atoms with Gasteiger partial charge < -0.3 is 4.90 Å². The van der Waals surface area contributed by atoms with E-state index in [1.165, 1.54) is 12.8 Å². The lowest BCUT2D eigenvalue weighted by Crippen LogP contribution is -2.34. The van der Waals surface area contributed by atoms with Gasteiger partial charge in [0.2, 0.25) is 0 Å². The van der Waals surface area contributed by atoms with Gasteiger partial charge in [-0.3, -0.25) is 0 Å². The summed E-state index contributed by atoms with van der Waals surface area (Å²) in [5.41, 5.74) is 0. The molecule has 0 aliphatic carbocycles. The zero-order valence-electron chi connectivity index (χ0n) is 8.30. The molecule has 2 atom stereocenters. The van der Waals surface area contributed by atoms with Gasteiger partial charge >= 0.3 is 0 Å². The normalized spacial score (nSPS) is 15.6. The van der Waals surface area contributed by atoms with Gasteiger partial charge in [0, 0.05) is 12.1 Å². The van der Waals surface area contributed by atoms with Crippen molar-refractivity contribution in [2.24, 2.45) is 0 Å². The Labute approximate surface area is 71.1 Å². The molecule has 1 nitrogen and oxygen atoms in total. The van der Waals surface area contributed by atoms with Crippen LogP contribution >= 0.6 is 0 Å². The second-order valence-corrected chi connectivity index (χ2v) is 3.14. The van der Waals surface area contributed by atoms with E-state index in [9.17, 15) is 0 Å². The standard InChI is InChI=1S/C10H21N/c1-6-9(4)11(8-3)10(5)7-2/h8-10H,3,6-7H2,1-2,4-5H3. The molecule has 0 aliphatic heterocycles. The molecule has 1 heteroatoms. The van der Waals surface area contributed by atoms with Crippen LogP contribution in [0.4, 0.5) is 0 Å². The van der Waals surface area contributed by atoms with E-state index in [2.05, 4.69) is 39.2 Å². The molecular formula is C10H21N. The van der Waals surface area contributed by atoms with Gasteiger partial charge in [-0.2, -0.15) is 0 Å². The van der Waals surface area contributed by atoms with Gasteiger partial charge in [0.1, 0.15) is 0 Å². The molecule has 0 amide bonds. The number of nitrogens with zero attached hydrogens (tertiary/aromatic N) is 1. The van der Waals surface area contributed by atoms with Crippen LogP contribution in [0.3, 0.4) is 0 Å². The fraction of sp³-hybridized carbons (Fsp3) is 0.800. The van der Waals surface area contributed by atoms with Crippen molar-refractivity contribution >= 4 is 0 Å². The maximum atomic E-state index is 3.82. The van der Waals surface area contributed by atoms with E-state index in [1.54, 1.807) is 0 Å². The monoisotopic (exact) mass is 155 g/mol. The summed E-state index contributed by atoms with van der Waals surface area (Å²) in [5.74, 6) is 0. The molecule has 0 aromatic heterocycles. The minimum absolute atomic E-state index is 0.627. The van der Waals surface area contributed by atoms with Crippen LogP contribution in [0.15, 0.2) is 12.8 Å². The van der Waals surface area contributed by atoms with Crippen molar-refractivity contribution in [3.63, 3.8) is 0 Å². The van der Waals surface area contributed by atoms with Gasteiger partial charge in [-0.1, -0.05) is 20.4 Å². The zero-order valence-corrected chi connectivity index (χ0v) is 8.30. The summed E-state index contributed by atoms with van der Waals surface area (Å²) in [6.45, 7) is 12.7. The maximum Gasteiger partial charge on any atom is 0.0256 e. The summed E-state index contributed by atoms with van der Waals surface area (Å²) in [7, 11) is 0. The first-order valence-corrected chi connectivity index (χ1v) is 4.57. The molecule has 0 saturated carbocycles. The average Bonchev–Trinajstić information content (AvgIpc) is 2.05.